The minimum absolute atomic E-state index is 0.275. The number of rotatable bonds is 7. The van der Waals surface area contributed by atoms with Gasteiger partial charge in [-0.15, -0.1) is 0 Å². The normalized spacial score (nSPS) is 11.7. The smallest absolute Gasteiger partial charge is 0.251 e. The van der Waals surface area contributed by atoms with Gasteiger partial charge in [-0.3, -0.25) is 9.59 Å². The van der Waals surface area contributed by atoms with E-state index < -0.39 is 24.8 Å². The van der Waals surface area contributed by atoms with E-state index in [0.29, 0.717) is 16.8 Å². The molecule has 0 fully saturated rings. The molecule has 1 N–H and O–H groups in total. The summed E-state index contributed by atoms with van der Waals surface area (Å²) in [4.78, 5) is 25.4. The predicted octanol–water partition coefficient (Wildman–Crippen LogP) is 3.96. The van der Waals surface area contributed by atoms with Crippen molar-refractivity contribution in [2.75, 3.05) is 11.9 Å². The first kappa shape index (κ1) is 19.3. The summed E-state index contributed by atoms with van der Waals surface area (Å²) < 4.78 is 25.8. The number of carbonyl (C=O) groups excluding carboxylic acids is 2. The number of anilines is 1. The molecule has 26 heavy (non-hydrogen) atoms. The Morgan fingerprint density at radius 2 is 1.73 bits per heavy atom. The van der Waals surface area contributed by atoms with Gasteiger partial charge in [0.1, 0.15) is 0 Å². The van der Waals surface area contributed by atoms with Crippen LogP contribution >= 0.6 is 0 Å². The van der Waals surface area contributed by atoms with Crippen LogP contribution in [-0.2, 0) is 4.79 Å². The molecule has 0 aliphatic heterocycles. The van der Waals surface area contributed by atoms with Crippen LogP contribution in [0.15, 0.2) is 67.3 Å². The largest absolute Gasteiger partial charge is 0.345 e. The van der Waals surface area contributed by atoms with Gasteiger partial charge in [0.15, 0.2) is 0 Å². The van der Waals surface area contributed by atoms with Crippen LogP contribution in [0.5, 0.6) is 0 Å². The minimum atomic E-state index is -2.54. The molecule has 0 saturated heterocycles. The van der Waals surface area contributed by atoms with Crippen molar-refractivity contribution in [1.82, 2.24) is 5.32 Å². The Bertz CT molecular complexity index is 761. The van der Waals surface area contributed by atoms with Crippen LogP contribution in [-0.4, -0.2) is 25.3 Å². The summed E-state index contributed by atoms with van der Waals surface area (Å²) in [7, 11) is 1.59. The molecular formula is C20H20F2N2O2. The Balaban J connectivity index is 2.14. The van der Waals surface area contributed by atoms with E-state index in [-0.39, 0.29) is 5.91 Å². The van der Waals surface area contributed by atoms with Gasteiger partial charge in [0.2, 0.25) is 12.3 Å². The average Bonchev–Trinajstić information content (AvgIpc) is 2.66. The first-order valence-corrected chi connectivity index (χ1v) is 8.06. The van der Waals surface area contributed by atoms with E-state index in [1.165, 1.54) is 11.0 Å². The van der Waals surface area contributed by atoms with Crippen LogP contribution in [0.25, 0.3) is 0 Å². The van der Waals surface area contributed by atoms with Gasteiger partial charge in [0.05, 0.1) is 6.04 Å². The molecule has 2 aromatic rings. The Kier molecular flexibility index (Phi) is 6.60. The van der Waals surface area contributed by atoms with Crippen LogP contribution in [0, 0.1) is 0 Å². The van der Waals surface area contributed by atoms with E-state index in [1.807, 2.05) is 0 Å². The molecule has 0 aliphatic rings. The highest BCUT2D eigenvalue weighted by Crippen LogP contribution is 2.22. The molecular weight excluding hydrogens is 338 g/mol. The van der Waals surface area contributed by atoms with E-state index in [2.05, 4.69) is 11.9 Å². The monoisotopic (exact) mass is 358 g/mol. The number of amides is 2. The molecule has 0 saturated carbocycles. The quantitative estimate of drug-likeness (QED) is 0.762. The van der Waals surface area contributed by atoms with Gasteiger partial charge in [-0.25, -0.2) is 8.78 Å². The molecule has 2 amide bonds. The number of nitrogens with zero attached hydrogens (tertiary/aromatic N) is 1. The van der Waals surface area contributed by atoms with Crippen LogP contribution in [0.1, 0.15) is 28.4 Å². The zero-order valence-electron chi connectivity index (χ0n) is 14.4. The number of hydrogen-bond acceptors (Lipinski definition) is 2. The molecule has 0 radical (unpaired) electrons. The third-order valence-electron chi connectivity index (χ3n) is 3.94. The Morgan fingerprint density at radius 3 is 2.27 bits per heavy atom. The summed E-state index contributed by atoms with van der Waals surface area (Å²) in [5.41, 5.74) is 1.54. The second kappa shape index (κ2) is 8.89. The molecule has 136 valence electrons. The van der Waals surface area contributed by atoms with Crippen molar-refractivity contribution in [2.24, 2.45) is 0 Å². The maximum Gasteiger partial charge on any atom is 0.251 e. The summed E-state index contributed by atoms with van der Waals surface area (Å²) in [6.07, 6.45) is -1.82. The summed E-state index contributed by atoms with van der Waals surface area (Å²) in [6, 6.07) is 14.2. The fourth-order valence-corrected chi connectivity index (χ4v) is 2.48. The summed E-state index contributed by atoms with van der Waals surface area (Å²) in [6.45, 7) is 3.42. The lowest BCUT2D eigenvalue weighted by Crippen LogP contribution is -2.30. The highest BCUT2D eigenvalue weighted by Gasteiger charge is 2.20. The van der Waals surface area contributed by atoms with Crippen LogP contribution < -0.4 is 10.2 Å². The Hall–Kier alpha value is -3.02. The molecule has 1 atom stereocenters. The third-order valence-corrected chi connectivity index (χ3v) is 3.94. The molecule has 0 aromatic heterocycles. The van der Waals surface area contributed by atoms with Crippen molar-refractivity contribution in [2.45, 2.75) is 18.9 Å². The van der Waals surface area contributed by atoms with Crippen LogP contribution in [0.4, 0.5) is 14.5 Å². The van der Waals surface area contributed by atoms with Gasteiger partial charge in [-0.2, -0.15) is 0 Å². The van der Waals surface area contributed by atoms with Gasteiger partial charge in [0.25, 0.3) is 5.91 Å². The number of benzene rings is 2. The number of carbonyl (C=O) groups is 2. The minimum Gasteiger partial charge on any atom is -0.345 e. The molecule has 0 aliphatic carbocycles. The SMILES string of the molecule is C=CC(=O)N(C)c1ccc(C(=O)NC(CC(F)F)c2ccccc2)cc1. The van der Waals surface area contributed by atoms with E-state index in [4.69, 9.17) is 0 Å². The maximum absolute atomic E-state index is 12.9. The van der Waals surface area contributed by atoms with E-state index in [0.717, 1.165) is 0 Å². The molecule has 0 heterocycles. The van der Waals surface area contributed by atoms with Gasteiger partial charge >= 0.3 is 0 Å². The van der Waals surface area contributed by atoms with Crippen LogP contribution in [0.3, 0.4) is 0 Å². The molecule has 0 spiro atoms. The molecule has 1 unspecified atom stereocenters. The summed E-state index contributed by atoms with van der Waals surface area (Å²) >= 11 is 0. The predicted molar refractivity (Wildman–Crippen MR) is 97.3 cm³/mol. The van der Waals surface area contributed by atoms with Gasteiger partial charge in [0, 0.05) is 24.7 Å². The van der Waals surface area contributed by atoms with Crippen molar-refractivity contribution in [3.8, 4) is 0 Å². The number of alkyl halides is 2. The lowest BCUT2D eigenvalue weighted by molar-refractivity contribution is -0.113. The fraction of sp³-hybridized carbons (Fsp3) is 0.200. The summed E-state index contributed by atoms with van der Waals surface area (Å²) in [5, 5.41) is 2.65. The zero-order chi connectivity index (χ0) is 19.1. The second-order valence-corrected chi connectivity index (χ2v) is 5.71. The lowest BCUT2D eigenvalue weighted by atomic mass is 10.0. The third kappa shape index (κ3) is 4.99. The number of likely N-dealkylation sites (N-methyl/N-ethyl adjacent to an activating group) is 1. The highest BCUT2D eigenvalue weighted by molar-refractivity contribution is 6.01. The molecule has 2 aromatic carbocycles. The van der Waals surface area contributed by atoms with Crippen molar-refractivity contribution in [3.63, 3.8) is 0 Å². The van der Waals surface area contributed by atoms with E-state index in [9.17, 15) is 18.4 Å². The molecule has 0 bridgehead atoms. The first-order valence-electron chi connectivity index (χ1n) is 8.06. The van der Waals surface area contributed by atoms with Crippen molar-refractivity contribution < 1.29 is 18.4 Å². The van der Waals surface area contributed by atoms with Gasteiger partial charge in [-0.1, -0.05) is 36.9 Å². The Morgan fingerprint density at radius 1 is 1.12 bits per heavy atom. The number of hydrogen-bond donors (Lipinski definition) is 1. The molecule has 4 nitrogen and oxygen atoms in total. The first-order chi connectivity index (χ1) is 12.4. The fourth-order valence-electron chi connectivity index (χ4n) is 2.48. The van der Waals surface area contributed by atoms with Gasteiger partial charge < -0.3 is 10.2 Å². The Labute approximate surface area is 151 Å². The lowest BCUT2D eigenvalue weighted by Gasteiger charge is -2.19. The van der Waals surface area contributed by atoms with Crippen molar-refractivity contribution >= 4 is 17.5 Å². The van der Waals surface area contributed by atoms with Gasteiger partial charge in [-0.05, 0) is 35.9 Å². The van der Waals surface area contributed by atoms with Crippen LogP contribution in [0.2, 0.25) is 0 Å². The topological polar surface area (TPSA) is 49.4 Å². The van der Waals surface area contributed by atoms with E-state index in [1.54, 1.807) is 61.6 Å². The van der Waals surface area contributed by atoms with Crippen molar-refractivity contribution in [1.29, 1.82) is 0 Å². The molecule has 6 heteroatoms. The maximum atomic E-state index is 12.9. The highest BCUT2D eigenvalue weighted by atomic mass is 19.3. The number of halogens is 2. The zero-order valence-corrected chi connectivity index (χ0v) is 14.4. The molecule has 2 rings (SSSR count). The number of nitrogens with one attached hydrogen (secondary N) is 1. The average molecular weight is 358 g/mol. The standard InChI is InChI=1S/C20H20F2N2O2/c1-3-19(25)24(2)16-11-9-15(10-12-16)20(26)23-17(13-18(21)22)14-7-5-4-6-8-14/h3-12,17-18H,1,13H2,2H3,(H,23,26). The van der Waals surface area contributed by atoms with Crippen molar-refractivity contribution in [3.05, 3.63) is 78.4 Å². The van der Waals surface area contributed by atoms with E-state index >= 15 is 0 Å². The summed E-state index contributed by atoms with van der Waals surface area (Å²) in [5.74, 6) is -0.730. The second-order valence-electron chi connectivity index (χ2n) is 5.71.